The van der Waals surface area contributed by atoms with Crippen molar-refractivity contribution in [3.8, 4) is 0 Å². The summed E-state index contributed by atoms with van der Waals surface area (Å²) in [5, 5.41) is 11.6. The van der Waals surface area contributed by atoms with E-state index >= 15 is 0 Å². The van der Waals surface area contributed by atoms with Crippen LogP contribution in [0.1, 0.15) is 50.8 Å². The van der Waals surface area contributed by atoms with Gasteiger partial charge in [0.1, 0.15) is 5.60 Å². The van der Waals surface area contributed by atoms with E-state index in [2.05, 4.69) is 18.8 Å². The van der Waals surface area contributed by atoms with E-state index in [4.69, 9.17) is 27.9 Å². The third kappa shape index (κ3) is 3.53. The lowest BCUT2D eigenvalue weighted by atomic mass is 9.83. The second kappa shape index (κ2) is 7.18. The Balaban J connectivity index is 2.11. The summed E-state index contributed by atoms with van der Waals surface area (Å²) in [4.78, 5) is 14.9. The predicted molar refractivity (Wildman–Crippen MR) is 101 cm³/mol. The van der Waals surface area contributed by atoms with Gasteiger partial charge in [0.05, 0.1) is 34.3 Å². The number of fused-ring (bicyclic) bond motifs is 3. The lowest BCUT2D eigenvalue weighted by Crippen LogP contribution is -2.38. The molecule has 3 rings (SSSR count). The predicted octanol–water partition coefficient (Wildman–Crippen LogP) is 5.54. The Morgan fingerprint density at radius 2 is 2.08 bits per heavy atom. The van der Waals surface area contributed by atoms with Gasteiger partial charge in [0.15, 0.2) is 0 Å². The zero-order valence-corrected chi connectivity index (χ0v) is 16.0. The second-order valence-electron chi connectivity index (χ2n) is 7.21. The molecule has 0 saturated carbocycles. The molecule has 1 aromatic carbocycles. The maximum absolute atomic E-state index is 11.6. The number of ether oxygens (including phenoxy) is 1. The Kier molecular flexibility index (Phi) is 5.33. The molecular formula is C19H23Cl2NO3. The Morgan fingerprint density at radius 3 is 2.76 bits per heavy atom. The SMILES string of the molecule is CC(C)CCCC1(CC(=O)O)OCCc2c1[nH]c1c(Cl)ccc(Cl)c21. The minimum Gasteiger partial charge on any atom is -0.481 e. The molecule has 4 nitrogen and oxygen atoms in total. The molecular weight excluding hydrogens is 361 g/mol. The van der Waals surface area contributed by atoms with E-state index in [1.807, 2.05) is 0 Å². The van der Waals surface area contributed by atoms with E-state index in [1.54, 1.807) is 12.1 Å². The van der Waals surface area contributed by atoms with Crippen LogP contribution in [-0.2, 0) is 21.6 Å². The van der Waals surface area contributed by atoms with Crippen LogP contribution in [0.4, 0.5) is 0 Å². The van der Waals surface area contributed by atoms with Crippen molar-refractivity contribution in [2.45, 2.75) is 51.6 Å². The van der Waals surface area contributed by atoms with Gasteiger partial charge in [0, 0.05) is 5.39 Å². The average molecular weight is 384 g/mol. The normalized spacial score (nSPS) is 20.2. The number of hydrogen-bond acceptors (Lipinski definition) is 2. The van der Waals surface area contributed by atoms with Crippen LogP contribution in [0.3, 0.4) is 0 Å². The summed E-state index contributed by atoms with van der Waals surface area (Å²) < 4.78 is 6.10. The highest BCUT2D eigenvalue weighted by molar-refractivity contribution is 6.40. The van der Waals surface area contributed by atoms with Crippen LogP contribution in [0, 0.1) is 5.92 Å². The van der Waals surface area contributed by atoms with Gasteiger partial charge in [-0.05, 0) is 42.9 Å². The molecule has 25 heavy (non-hydrogen) atoms. The van der Waals surface area contributed by atoms with Gasteiger partial charge in [-0.25, -0.2) is 0 Å². The molecule has 2 aromatic rings. The molecule has 1 aliphatic rings. The van der Waals surface area contributed by atoms with Crippen molar-refractivity contribution >= 4 is 40.1 Å². The van der Waals surface area contributed by atoms with Crippen LogP contribution in [0.15, 0.2) is 12.1 Å². The molecule has 0 fully saturated rings. The van der Waals surface area contributed by atoms with Gasteiger partial charge in [-0.2, -0.15) is 0 Å². The number of carbonyl (C=O) groups is 1. The summed E-state index contributed by atoms with van der Waals surface area (Å²) in [7, 11) is 0. The van der Waals surface area contributed by atoms with Gasteiger partial charge in [-0.3, -0.25) is 4.79 Å². The fourth-order valence-electron chi connectivity index (χ4n) is 3.82. The van der Waals surface area contributed by atoms with Crippen LogP contribution in [0.2, 0.25) is 10.0 Å². The van der Waals surface area contributed by atoms with Crippen molar-refractivity contribution < 1.29 is 14.6 Å². The Morgan fingerprint density at radius 1 is 1.36 bits per heavy atom. The van der Waals surface area contributed by atoms with Crippen LogP contribution in [-0.4, -0.2) is 22.7 Å². The molecule has 0 radical (unpaired) electrons. The number of benzene rings is 1. The molecule has 1 aromatic heterocycles. The highest BCUT2D eigenvalue weighted by atomic mass is 35.5. The summed E-state index contributed by atoms with van der Waals surface area (Å²) in [6.45, 7) is 4.82. The summed E-state index contributed by atoms with van der Waals surface area (Å²) in [6.07, 6.45) is 3.22. The zero-order chi connectivity index (χ0) is 18.2. The minimum atomic E-state index is -0.867. The van der Waals surface area contributed by atoms with Crippen molar-refractivity contribution in [3.63, 3.8) is 0 Å². The second-order valence-corrected chi connectivity index (χ2v) is 8.02. The van der Waals surface area contributed by atoms with E-state index in [9.17, 15) is 9.90 Å². The van der Waals surface area contributed by atoms with E-state index in [-0.39, 0.29) is 6.42 Å². The standard InChI is InChI=1S/C19H23Cl2NO3/c1-11(2)4-3-8-19(10-15(23)24)18-12(7-9-25-19)16-13(20)5-6-14(21)17(16)22-18/h5-6,11,22H,3-4,7-10H2,1-2H3,(H,23,24). The highest BCUT2D eigenvalue weighted by Crippen LogP contribution is 2.45. The van der Waals surface area contributed by atoms with E-state index in [1.165, 1.54) is 0 Å². The largest absolute Gasteiger partial charge is 0.481 e. The Labute approximate surface area is 157 Å². The number of carboxylic acids is 1. The van der Waals surface area contributed by atoms with E-state index in [0.29, 0.717) is 35.4 Å². The van der Waals surface area contributed by atoms with E-state index in [0.717, 1.165) is 35.0 Å². The minimum absolute atomic E-state index is 0.0693. The number of aromatic amines is 1. The van der Waals surface area contributed by atoms with Crippen molar-refractivity contribution in [1.82, 2.24) is 4.98 Å². The first-order valence-electron chi connectivity index (χ1n) is 8.69. The lowest BCUT2D eigenvalue weighted by Gasteiger charge is -2.36. The summed E-state index contributed by atoms with van der Waals surface area (Å²) in [5.74, 6) is -0.301. The topological polar surface area (TPSA) is 62.3 Å². The van der Waals surface area contributed by atoms with Gasteiger partial charge in [-0.1, -0.05) is 43.5 Å². The van der Waals surface area contributed by atoms with Crippen molar-refractivity contribution in [3.05, 3.63) is 33.4 Å². The zero-order valence-electron chi connectivity index (χ0n) is 14.5. The summed E-state index contributed by atoms with van der Waals surface area (Å²) in [5.41, 5.74) is 1.79. The van der Waals surface area contributed by atoms with Crippen LogP contribution in [0.5, 0.6) is 0 Å². The quantitative estimate of drug-likeness (QED) is 0.687. The summed E-state index contributed by atoms with van der Waals surface area (Å²) in [6, 6.07) is 3.54. The fraction of sp³-hybridized carbons (Fsp3) is 0.526. The van der Waals surface area contributed by atoms with Crippen LogP contribution >= 0.6 is 23.2 Å². The average Bonchev–Trinajstić information content (AvgIpc) is 2.92. The smallest absolute Gasteiger partial charge is 0.306 e. The number of H-pyrrole nitrogens is 1. The maximum Gasteiger partial charge on any atom is 0.306 e. The van der Waals surface area contributed by atoms with Crippen LogP contribution < -0.4 is 0 Å². The molecule has 6 heteroatoms. The highest BCUT2D eigenvalue weighted by Gasteiger charge is 2.42. The van der Waals surface area contributed by atoms with Gasteiger partial charge in [0.2, 0.25) is 0 Å². The molecule has 0 aliphatic carbocycles. The van der Waals surface area contributed by atoms with Crippen molar-refractivity contribution in [1.29, 1.82) is 0 Å². The van der Waals surface area contributed by atoms with Crippen LogP contribution in [0.25, 0.3) is 10.9 Å². The first-order valence-corrected chi connectivity index (χ1v) is 9.44. The fourth-order valence-corrected chi connectivity index (χ4v) is 4.30. The number of halogens is 2. The third-order valence-electron chi connectivity index (χ3n) is 4.94. The van der Waals surface area contributed by atoms with Gasteiger partial charge in [0.25, 0.3) is 0 Å². The number of aromatic nitrogens is 1. The summed E-state index contributed by atoms with van der Waals surface area (Å²) >= 11 is 12.8. The molecule has 0 saturated heterocycles. The molecule has 2 N–H and O–H groups in total. The molecule has 0 bridgehead atoms. The van der Waals surface area contributed by atoms with Gasteiger partial charge < -0.3 is 14.8 Å². The van der Waals surface area contributed by atoms with E-state index < -0.39 is 11.6 Å². The van der Waals surface area contributed by atoms with Gasteiger partial charge >= 0.3 is 5.97 Å². The third-order valence-corrected chi connectivity index (χ3v) is 5.57. The first kappa shape index (κ1) is 18.6. The molecule has 0 spiro atoms. The number of nitrogens with one attached hydrogen (secondary N) is 1. The Hall–Kier alpha value is -1.23. The van der Waals surface area contributed by atoms with Crippen molar-refractivity contribution in [2.24, 2.45) is 5.92 Å². The molecule has 136 valence electrons. The number of rotatable bonds is 6. The molecule has 1 unspecified atom stereocenters. The number of hydrogen-bond donors (Lipinski definition) is 2. The number of carboxylic acid groups (broad SMARTS) is 1. The molecule has 0 amide bonds. The van der Waals surface area contributed by atoms with Gasteiger partial charge in [-0.15, -0.1) is 0 Å². The Bertz CT molecular complexity index is 800. The molecule has 1 atom stereocenters. The molecule has 1 aliphatic heterocycles. The lowest BCUT2D eigenvalue weighted by molar-refractivity contribution is -0.149. The maximum atomic E-state index is 11.6. The van der Waals surface area contributed by atoms with Crippen molar-refractivity contribution in [2.75, 3.05) is 6.61 Å². The molecule has 2 heterocycles. The monoisotopic (exact) mass is 383 g/mol. The number of aliphatic carboxylic acids is 1. The first-order chi connectivity index (χ1) is 11.8.